The van der Waals surface area contributed by atoms with Crippen molar-refractivity contribution in [3.63, 3.8) is 0 Å². The molecule has 2 N–H and O–H groups in total. The van der Waals surface area contributed by atoms with E-state index < -0.39 is 0 Å². The molecule has 1 aromatic carbocycles. The van der Waals surface area contributed by atoms with Gasteiger partial charge >= 0.3 is 0 Å². The summed E-state index contributed by atoms with van der Waals surface area (Å²) in [7, 11) is 1.98. The zero-order chi connectivity index (χ0) is 11.8. The van der Waals surface area contributed by atoms with Crippen molar-refractivity contribution in [3.05, 3.63) is 35.5 Å². The van der Waals surface area contributed by atoms with Gasteiger partial charge in [0.05, 0.1) is 0 Å². The molecular formula is C14H20N2. The van der Waals surface area contributed by atoms with Crippen molar-refractivity contribution in [3.8, 4) is 0 Å². The molecule has 0 aliphatic carbocycles. The maximum absolute atomic E-state index is 3.31. The third kappa shape index (κ3) is 1.98. The van der Waals surface area contributed by atoms with Crippen molar-refractivity contribution in [2.45, 2.75) is 32.7 Å². The van der Waals surface area contributed by atoms with Gasteiger partial charge in [0.1, 0.15) is 0 Å². The molecule has 0 saturated heterocycles. The summed E-state index contributed by atoms with van der Waals surface area (Å²) in [5.41, 5.74) is 4.15. The lowest BCUT2D eigenvalue weighted by Gasteiger charge is -2.19. The van der Waals surface area contributed by atoms with Crippen LogP contribution in [0.5, 0.6) is 0 Å². The topological polar surface area (TPSA) is 27.8 Å². The van der Waals surface area contributed by atoms with Crippen molar-refractivity contribution >= 4 is 10.9 Å². The van der Waals surface area contributed by atoms with Gasteiger partial charge in [0, 0.05) is 23.6 Å². The molecule has 16 heavy (non-hydrogen) atoms. The fraction of sp³-hybridized carbons (Fsp3) is 0.429. The minimum absolute atomic E-state index is 0.211. The van der Waals surface area contributed by atoms with Crippen LogP contribution in [0.1, 0.15) is 31.9 Å². The highest BCUT2D eigenvalue weighted by molar-refractivity contribution is 5.84. The molecule has 2 rings (SSSR count). The fourth-order valence-corrected chi connectivity index (χ4v) is 1.98. The summed E-state index contributed by atoms with van der Waals surface area (Å²) in [6.07, 6.45) is 2.09. The maximum Gasteiger partial charge on any atom is 0.0457 e. The summed E-state index contributed by atoms with van der Waals surface area (Å²) in [4.78, 5) is 3.31. The highest BCUT2D eigenvalue weighted by Gasteiger charge is 2.14. The van der Waals surface area contributed by atoms with Crippen LogP contribution in [-0.4, -0.2) is 12.0 Å². The quantitative estimate of drug-likeness (QED) is 0.792. The second kappa shape index (κ2) is 3.95. The molecule has 2 nitrogen and oxygen atoms in total. The van der Waals surface area contributed by atoms with Crippen molar-refractivity contribution < 1.29 is 0 Å². The zero-order valence-corrected chi connectivity index (χ0v) is 10.5. The Labute approximate surface area is 97.1 Å². The van der Waals surface area contributed by atoms with Gasteiger partial charge in [0.15, 0.2) is 0 Å². The van der Waals surface area contributed by atoms with E-state index in [-0.39, 0.29) is 5.41 Å². The Kier molecular flexibility index (Phi) is 2.76. The van der Waals surface area contributed by atoms with Gasteiger partial charge in [-0.05, 0) is 35.7 Å². The molecule has 0 unspecified atom stereocenters. The molecule has 0 saturated carbocycles. The highest BCUT2D eigenvalue weighted by atomic mass is 14.8. The lowest BCUT2D eigenvalue weighted by atomic mass is 9.86. The summed E-state index contributed by atoms with van der Waals surface area (Å²) >= 11 is 0. The molecule has 2 heteroatoms. The summed E-state index contributed by atoms with van der Waals surface area (Å²) < 4.78 is 0. The van der Waals surface area contributed by atoms with E-state index in [1.807, 2.05) is 7.05 Å². The van der Waals surface area contributed by atoms with Crippen LogP contribution in [0.25, 0.3) is 10.9 Å². The van der Waals surface area contributed by atoms with Gasteiger partial charge in [-0.1, -0.05) is 26.8 Å². The number of fused-ring (bicyclic) bond motifs is 1. The molecule has 0 aliphatic heterocycles. The first kappa shape index (κ1) is 11.2. The highest BCUT2D eigenvalue weighted by Crippen LogP contribution is 2.27. The van der Waals surface area contributed by atoms with Crippen molar-refractivity contribution in [1.82, 2.24) is 10.3 Å². The van der Waals surface area contributed by atoms with Crippen LogP contribution >= 0.6 is 0 Å². The lowest BCUT2D eigenvalue weighted by Crippen LogP contribution is -2.10. The normalized spacial score (nSPS) is 12.2. The Morgan fingerprint density at radius 2 is 2.00 bits per heavy atom. The third-order valence-electron chi connectivity index (χ3n) is 3.00. The van der Waals surface area contributed by atoms with Gasteiger partial charge in [0.25, 0.3) is 0 Å². The number of hydrogen-bond donors (Lipinski definition) is 2. The summed E-state index contributed by atoms with van der Waals surface area (Å²) in [5.74, 6) is 0. The Morgan fingerprint density at radius 3 is 2.62 bits per heavy atom. The molecule has 0 bridgehead atoms. The molecule has 0 spiro atoms. The Morgan fingerprint density at radius 1 is 1.25 bits per heavy atom. The molecule has 0 atom stereocenters. The van der Waals surface area contributed by atoms with Crippen molar-refractivity contribution in [1.29, 1.82) is 0 Å². The number of benzene rings is 1. The monoisotopic (exact) mass is 216 g/mol. The van der Waals surface area contributed by atoms with E-state index in [0.717, 1.165) is 6.54 Å². The molecule has 0 amide bonds. The standard InChI is InChI=1S/C14H20N2/c1-14(2,3)11-5-6-13-12(7-11)10(8-15-4)9-16-13/h5-7,9,15-16H,8H2,1-4H3. The lowest BCUT2D eigenvalue weighted by molar-refractivity contribution is 0.591. The van der Waals surface area contributed by atoms with Crippen LogP contribution < -0.4 is 5.32 Å². The predicted octanol–water partition coefficient (Wildman–Crippen LogP) is 3.18. The SMILES string of the molecule is CNCc1c[nH]c2ccc(C(C)(C)C)cc12. The van der Waals surface area contributed by atoms with Crippen LogP contribution in [0.2, 0.25) is 0 Å². The van der Waals surface area contributed by atoms with E-state index in [1.54, 1.807) is 0 Å². The molecule has 0 radical (unpaired) electrons. The first-order chi connectivity index (χ1) is 7.52. The van der Waals surface area contributed by atoms with E-state index in [2.05, 4.69) is 55.5 Å². The molecule has 1 aromatic heterocycles. The van der Waals surface area contributed by atoms with Gasteiger partial charge in [0.2, 0.25) is 0 Å². The summed E-state index contributed by atoms with van der Waals surface area (Å²) in [6.45, 7) is 7.66. The average molecular weight is 216 g/mol. The van der Waals surface area contributed by atoms with E-state index in [9.17, 15) is 0 Å². The second-order valence-electron chi connectivity index (χ2n) is 5.35. The smallest absolute Gasteiger partial charge is 0.0457 e. The van der Waals surface area contributed by atoms with Crippen molar-refractivity contribution in [2.75, 3.05) is 7.05 Å². The van der Waals surface area contributed by atoms with Gasteiger partial charge < -0.3 is 10.3 Å². The average Bonchev–Trinajstić information content (AvgIpc) is 2.60. The van der Waals surface area contributed by atoms with Gasteiger partial charge in [-0.15, -0.1) is 0 Å². The van der Waals surface area contributed by atoms with Crippen molar-refractivity contribution in [2.24, 2.45) is 0 Å². The predicted molar refractivity (Wildman–Crippen MR) is 69.8 cm³/mol. The van der Waals surface area contributed by atoms with Gasteiger partial charge in [-0.25, -0.2) is 0 Å². The largest absolute Gasteiger partial charge is 0.361 e. The molecular weight excluding hydrogens is 196 g/mol. The summed E-state index contributed by atoms with van der Waals surface area (Å²) in [5, 5.41) is 4.54. The number of aromatic amines is 1. The first-order valence-electron chi connectivity index (χ1n) is 5.77. The zero-order valence-electron chi connectivity index (χ0n) is 10.5. The minimum Gasteiger partial charge on any atom is -0.361 e. The molecule has 1 heterocycles. The minimum atomic E-state index is 0.211. The Bertz CT molecular complexity index is 489. The number of rotatable bonds is 2. The van der Waals surface area contributed by atoms with E-state index in [0.29, 0.717) is 0 Å². The van der Waals surface area contributed by atoms with Crippen LogP contribution in [0.3, 0.4) is 0 Å². The number of aromatic nitrogens is 1. The fourth-order valence-electron chi connectivity index (χ4n) is 1.98. The third-order valence-corrected chi connectivity index (χ3v) is 3.00. The second-order valence-corrected chi connectivity index (χ2v) is 5.35. The van der Waals surface area contributed by atoms with Gasteiger partial charge in [-0.2, -0.15) is 0 Å². The van der Waals surface area contributed by atoms with E-state index in [4.69, 9.17) is 0 Å². The summed E-state index contributed by atoms with van der Waals surface area (Å²) in [6, 6.07) is 6.69. The van der Waals surface area contributed by atoms with Crippen LogP contribution in [0.4, 0.5) is 0 Å². The maximum atomic E-state index is 3.31. The molecule has 2 aromatic rings. The molecule has 86 valence electrons. The Hall–Kier alpha value is -1.28. The van der Waals surface area contributed by atoms with E-state index in [1.165, 1.54) is 22.0 Å². The molecule has 0 aliphatic rings. The van der Waals surface area contributed by atoms with Crippen LogP contribution in [-0.2, 0) is 12.0 Å². The number of hydrogen-bond acceptors (Lipinski definition) is 1. The first-order valence-corrected chi connectivity index (χ1v) is 5.77. The molecule has 0 fully saturated rings. The number of H-pyrrole nitrogens is 1. The Balaban J connectivity index is 2.54. The van der Waals surface area contributed by atoms with E-state index >= 15 is 0 Å². The van der Waals surface area contributed by atoms with Gasteiger partial charge in [-0.3, -0.25) is 0 Å². The van der Waals surface area contributed by atoms with Crippen LogP contribution in [0, 0.1) is 0 Å². The van der Waals surface area contributed by atoms with Crippen LogP contribution in [0.15, 0.2) is 24.4 Å². The number of nitrogens with one attached hydrogen (secondary N) is 2.